The van der Waals surface area contributed by atoms with E-state index in [0.717, 1.165) is 32.1 Å². The van der Waals surface area contributed by atoms with Crippen LogP contribution in [0.2, 0.25) is 0 Å². The number of ether oxygens (including phenoxy) is 2. The van der Waals surface area contributed by atoms with Crippen molar-refractivity contribution >= 4 is 23.8 Å². The van der Waals surface area contributed by atoms with E-state index in [1.54, 1.807) is 0 Å². The minimum absolute atomic E-state index is 0.0313. The van der Waals surface area contributed by atoms with Crippen molar-refractivity contribution in [1.82, 2.24) is 5.32 Å². The van der Waals surface area contributed by atoms with Crippen LogP contribution in [0, 0.1) is 0 Å². The maximum atomic E-state index is 12.0. The van der Waals surface area contributed by atoms with Gasteiger partial charge in [0, 0.05) is 19.3 Å². The standard InChI is InChI=1S/C28H51NO7/c1-28(2,3)36-26(33)20-18-16-14-12-10-8-6-5-7-9-11-13-15-17-19-24(30)29-23(27(34)35-4)21-22-25(31)32/h23H,5-22H2,1-4H3,(H,29,30)(H,31,32)/t23-/m0/s1. The lowest BCUT2D eigenvalue weighted by atomic mass is 10.0. The number of carbonyl (C=O) groups is 4. The molecule has 36 heavy (non-hydrogen) atoms. The number of nitrogens with one attached hydrogen (secondary N) is 1. The number of amides is 1. The molecule has 2 N–H and O–H groups in total. The third kappa shape index (κ3) is 22.4. The van der Waals surface area contributed by atoms with Crippen LogP contribution in [0.4, 0.5) is 0 Å². The summed E-state index contributed by atoms with van der Waals surface area (Å²) < 4.78 is 9.95. The van der Waals surface area contributed by atoms with Crippen LogP contribution >= 0.6 is 0 Å². The van der Waals surface area contributed by atoms with E-state index in [2.05, 4.69) is 10.1 Å². The molecule has 8 heteroatoms. The highest BCUT2D eigenvalue weighted by molar-refractivity contribution is 5.84. The number of hydrogen-bond donors (Lipinski definition) is 2. The van der Waals surface area contributed by atoms with E-state index in [-0.39, 0.29) is 30.3 Å². The Kier molecular flexibility index (Phi) is 19.8. The van der Waals surface area contributed by atoms with Gasteiger partial charge in [-0.2, -0.15) is 0 Å². The molecule has 0 saturated carbocycles. The second kappa shape index (κ2) is 21.0. The number of carboxylic acid groups (broad SMARTS) is 1. The number of rotatable bonds is 22. The zero-order valence-electron chi connectivity index (χ0n) is 23.2. The lowest BCUT2D eigenvalue weighted by Gasteiger charge is -2.19. The molecule has 1 atom stereocenters. The number of aliphatic carboxylic acids is 1. The number of hydrogen-bond acceptors (Lipinski definition) is 6. The fourth-order valence-electron chi connectivity index (χ4n) is 3.99. The van der Waals surface area contributed by atoms with Gasteiger partial charge >= 0.3 is 17.9 Å². The first-order valence-corrected chi connectivity index (χ1v) is 13.9. The Morgan fingerprint density at radius 1 is 0.694 bits per heavy atom. The molecule has 0 heterocycles. The Hall–Kier alpha value is -2.12. The maximum absolute atomic E-state index is 12.0. The minimum atomic E-state index is -1.01. The van der Waals surface area contributed by atoms with Gasteiger partial charge < -0.3 is 19.9 Å². The van der Waals surface area contributed by atoms with Crippen molar-refractivity contribution < 1.29 is 33.8 Å². The SMILES string of the molecule is COC(=O)[C@H](CCC(=O)O)NC(=O)CCCCCCCCCCCCCCCCC(=O)OC(C)(C)C. The van der Waals surface area contributed by atoms with Crippen LogP contribution < -0.4 is 5.32 Å². The van der Waals surface area contributed by atoms with Crippen molar-refractivity contribution in [3.05, 3.63) is 0 Å². The van der Waals surface area contributed by atoms with E-state index >= 15 is 0 Å². The minimum Gasteiger partial charge on any atom is -0.481 e. The fraction of sp³-hybridized carbons (Fsp3) is 0.857. The fourth-order valence-corrected chi connectivity index (χ4v) is 3.99. The van der Waals surface area contributed by atoms with Crippen LogP contribution in [-0.4, -0.2) is 47.7 Å². The molecule has 0 rings (SSSR count). The first-order chi connectivity index (χ1) is 17.0. The van der Waals surface area contributed by atoms with Gasteiger partial charge in [-0.25, -0.2) is 4.79 Å². The molecular formula is C28H51NO7. The average Bonchev–Trinajstić information content (AvgIpc) is 2.79. The summed E-state index contributed by atoms with van der Waals surface area (Å²) in [4.78, 5) is 46.1. The highest BCUT2D eigenvalue weighted by Crippen LogP contribution is 2.15. The van der Waals surface area contributed by atoms with Gasteiger partial charge in [0.1, 0.15) is 11.6 Å². The van der Waals surface area contributed by atoms with E-state index in [1.165, 1.54) is 64.9 Å². The first-order valence-electron chi connectivity index (χ1n) is 13.9. The smallest absolute Gasteiger partial charge is 0.328 e. The molecule has 0 fully saturated rings. The molecular weight excluding hydrogens is 462 g/mol. The van der Waals surface area contributed by atoms with Gasteiger partial charge in [0.25, 0.3) is 0 Å². The highest BCUT2D eigenvalue weighted by atomic mass is 16.6. The Morgan fingerprint density at radius 2 is 1.11 bits per heavy atom. The third-order valence-corrected chi connectivity index (χ3v) is 5.92. The molecule has 0 aromatic heterocycles. The summed E-state index contributed by atoms with van der Waals surface area (Å²) in [5.74, 6) is -1.95. The molecule has 0 spiro atoms. The van der Waals surface area contributed by atoms with Gasteiger partial charge in [0.2, 0.25) is 5.91 Å². The summed E-state index contributed by atoms with van der Waals surface area (Å²) in [6.45, 7) is 5.70. The van der Waals surface area contributed by atoms with Crippen molar-refractivity contribution in [2.45, 2.75) is 148 Å². The first kappa shape index (κ1) is 33.9. The van der Waals surface area contributed by atoms with Crippen molar-refractivity contribution in [3.63, 3.8) is 0 Å². The predicted octanol–water partition coefficient (Wildman–Crippen LogP) is 6.09. The van der Waals surface area contributed by atoms with Crippen molar-refractivity contribution in [2.75, 3.05) is 7.11 Å². The predicted molar refractivity (Wildman–Crippen MR) is 141 cm³/mol. The molecule has 0 bridgehead atoms. The third-order valence-electron chi connectivity index (χ3n) is 5.92. The number of carbonyl (C=O) groups excluding carboxylic acids is 3. The van der Waals surface area contributed by atoms with Crippen LogP contribution in [0.25, 0.3) is 0 Å². The van der Waals surface area contributed by atoms with Crippen LogP contribution in [0.3, 0.4) is 0 Å². The zero-order chi connectivity index (χ0) is 27.2. The normalized spacial score (nSPS) is 12.1. The Bertz CT molecular complexity index is 628. The maximum Gasteiger partial charge on any atom is 0.328 e. The van der Waals surface area contributed by atoms with Crippen LogP contribution in [-0.2, 0) is 28.7 Å². The van der Waals surface area contributed by atoms with E-state index in [0.29, 0.717) is 12.8 Å². The van der Waals surface area contributed by atoms with E-state index in [1.807, 2.05) is 20.8 Å². The summed E-state index contributed by atoms with van der Waals surface area (Å²) >= 11 is 0. The molecule has 0 saturated heterocycles. The van der Waals surface area contributed by atoms with Gasteiger partial charge in [0.15, 0.2) is 0 Å². The van der Waals surface area contributed by atoms with Gasteiger partial charge in [-0.05, 0) is 40.0 Å². The molecule has 8 nitrogen and oxygen atoms in total. The molecule has 0 unspecified atom stereocenters. The summed E-state index contributed by atoms with van der Waals surface area (Å²) in [5, 5.41) is 11.4. The summed E-state index contributed by atoms with van der Waals surface area (Å²) in [7, 11) is 1.22. The number of unbranched alkanes of at least 4 members (excludes halogenated alkanes) is 13. The molecule has 210 valence electrons. The van der Waals surface area contributed by atoms with Gasteiger partial charge in [-0.15, -0.1) is 0 Å². The number of carboxylic acids is 1. The molecule has 1 amide bonds. The molecule has 0 aromatic rings. The molecule has 0 aliphatic heterocycles. The zero-order valence-corrected chi connectivity index (χ0v) is 23.2. The lowest BCUT2D eigenvalue weighted by Crippen LogP contribution is -2.41. The van der Waals surface area contributed by atoms with Crippen LogP contribution in [0.15, 0.2) is 0 Å². The summed E-state index contributed by atoms with van der Waals surface area (Å²) in [6, 6.07) is -0.900. The van der Waals surface area contributed by atoms with Gasteiger partial charge in [-0.1, -0.05) is 77.0 Å². The monoisotopic (exact) mass is 513 g/mol. The van der Waals surface area contributed by atoms with Crippen molar-refractivity contribution in [3.8, 4) is 0 Å². The number of methoxy groups -OCH3 is 1. The summed E-state index contributed by atoms with van der Waals surface area (Å²) in [5.41, 5.74) is -0.389. The van der Waals surface area contributed by atoms with E-state index < -0.39 is 18.0 Å². The molecule has 0 aliphatic rings. The Morgan fingerprint density at radius 3 is 1.50 bits per heavy atom. The highest BCUT2D eigenvalue weighted by Gasteiger charge is 2.22. The second-order valence-electron chi connectivity index (χ2n) is 10.6. The number of esters is 2. The van der Waals surface area contributed by atoms with Crippen molar-refractivity contribution in [1.29, 1.82) is 0 Å². The van der Waals surface area contributed by atoms with Gasteiger partial charge in [-0.3, -0.25) is 14.4 Å². The quantitative estimate of drug-likeness (QED) is 0.133. The Balaban J connectivity index is 3.52. The second-order valence-corrected chi connectivity index (χ2v) is 10.6. The molecule has 0 radical (unpaired) electrons. The molecule has 0 aliphatic carbocycles. The van der Waals surface area contributed by atoms with Crippen LogP contribution in [0.5, 0.6) is 0 Å². The Labute approximate surface area is 218 Å². The van der Waals surface area contributed by atoms with Crippen LogP contribution in [0.1, 0.15) is 136 Å². The van der Waals surface area contributed by atoms with Gasteiger partial charge in [0.05, 0.1) is 7.11 Å². The van der Waals surface area contributed by atoms with Crippen molar-refractivity contribution in [2.24, 2.45) is 0 Å². The topological polar surface area (TPSA) is 119 Å². The summed E-state index contributed by atoms with van der Waals surface area (Å²) in [6.07, 6.45) is 16.7. The largest absolute Gasteiger partial charge is 0.481 e. The van der Waals surface area contributed by atoms with E-state index in [9.17, 15) is 19.2 Å². The van der Waals surface area contributed by atoms with E-state index in [4.69, 9.17) is 9.84 Å². The molecule has 0 aromatic carbocycles. The lowest BCUT2D eigenvalue weighted by molar-refractivity contribution is -0.155. The average molecular weight is 514 g/mol.